The molecule has 1 fully saturated rings. The Morgan fingerprint density at radius 3 is 2.60 bits per heavy atom. The minimum atomic E-state index is -0.331. The molecule has 30 heavy (non-hydrogen) atoms. The number of aryl methyl sites for hydroxylation is 2. The molecule has 0 saturated carbocycles. The topological polar surface area (TPSA) is 102 Å². The van der Waals surface area contributed by atoms with Gasteiger partial charge >= 0.3 is 6.03 Å². The molecule has 1 aliphatic rings. The molecule has 0 aliphatic carbocycles. The van der Waals surface area contributed by atoms with Crippen molar-refractivity contribution in [2.75, 3.05) is 29.9 Å². The highest BCUT2D eigenvalue weighted by molar-refractivity contribution is 5.89. The number of carbonyl (C=O) groups is 1. The number of anilines is 2. The number of urea groups is 1. The van der Waals surface area contributed by atoms with Crippen molar-refractivity contribution in [3.05, 3.63) is 35.2 Å². The molecule has 162 valence electrons. The lowest BCUT2D eigenvalue weighted by atomic mass is 10.2. The number of hydrogen-bond acceptors (Lipinski definition) is 7. The van der Waals surface area contributed by atoms with E-state index in [9.17, 15) is 4.79 Å². The highest BCUT2D eigenvalue weighted by Crippen LogP contribution is 2.21. The van der Waals surface area contributed by atoms with Gasteiger partial charge in [-0.3, -0.25) is 0 Å². The van der Waals surface area contributed by atoms with Gasteiger partial charge < -0.3 is 25.0 Å². The first-order valence-corrected chi connectivity index (χ1v) is 10.2. The van der Waals surface area contributed by atoms with E-state index >= 15 is 0 Å². The summed E-state index contributed by atoms with van der Waals surface area (Å²) in [6, 6.07) is 5.10. The molecule has 0 aromatic carbocycles. The van der Waals surface area contributed by atoms with Gasteiger partial charge in [-0.2, -0.15) is 5.10 Å². The lowest BCUT2D eigenvalue weighted by Crippen LogP contribution is -2.46. The van der Waals surface area contributed by atoms with Gasteiger partial charge in [0.25, 0.3) is 0 Å². The Labute approximate surface area is 177 Å². The molecule has 1 saturated heterocycles. The van der Waals surface area contributed by atoms with Crippen LogP contribution in [0.25, 0.3) is 0 Å². The van der Waals surface area contributed by atoms with Gasteiger partial charge in [0.1, 0.15) is 0 Å². The predicted molar refractivity (Wildman–Crippen MR) is 115 cm³/mol. The van der Waals surface area contributed by atoms with Gasteiger partial charge in [-0.05, 0) is 52.3 Å². The summed E-state index contributed by atoms with van der Waals surface area (Å²) in [5, 5.41) is 14.3. The van der Waals surface area contributed by atoms with Crippen LogP contribution in [0.3, 0.4) is 0 Å². The quantitative estimate of drug-likeness (QED) is 0.749. The molecule has 0 bridgehead atoms. The van der Waals surface area contributed by atoms with Crippen LogP contribution < -0.4 is 20.3 Å². The summed E-state index contributed by atoms with van der Waals surface area (Å²) in [4.78, 5) is 18.8. The van der Waals surface area contributed by atoms with Crippen LogP contribution in [0.5, 0.6) is 5.88 Å². The molecular formula is C21H30N6O3. The van der Waals surface area contributed by atoms with E-state index in [-0.39, 0.29) is 24.8 Å². The van der Waals surface area contributed by atoms with Crippen molar-refractivity contribution >= 4 is 17.5 Å². The molecule has 9 heteroatoms. The number of rotatable bonds is 6. The van der Waals surface area contributed by atoms with Crippen LogP contribution in [-0.2, 0) is 11.3 Å². The van der Waals surface area contributed by atoms with Crippen molar-refractivity contribution in [3.8, 4) is 5.88 Å². The summed E-state index contributed by atoms with van der Waals surface area (Å²) in [6.45, 7) is 12.2. The van der Waals surface area contributed by atoms with E-state index in [1.807, 2.05) is 26.8 Å². The first kappa shape index (κ1) is 21.8. The van der Waals surface area contributed by atoms with E-state index in [1.54, 1.807) is 12.1 Å². The van der Waals surface area contributed by atoms with Crippen LogP contribution in [0.4, 0.5) is 16.3 Å². The summed E-state index contributed by atoms with van der Waals surface area (Å²) in [5.41, 5.74) is 3.10. The molecule has 2 aromatic rings. The maximum absolute atomic E-state index is 12.3. The molecule has 9 nitrogen and oxygen atoms in total. The van der Waals surface area contributed by atoms with Crippen LogP contribution in [-0.4, -0.2) is 53.1 Å². The summed E-state index contributed by atoms with van der Waals surface area (Å²) in [7, 11) is 0. The molecule has 2 aromatic heterocycles. The Kier molecular flexibility index (Phi) is 7.04. The number of hydrogen-bond donors (Lipinski definition) is 2. The molecule has 0 spiro atoms. The first-order chi connectivity index (χ1) is 14.3. The van der Waals surface area contributed by atoms with Gasteiger partial charge in [-0.25, -0.2) is 9.78 Å². The molecule has 0 radical (unpaired) electrons. The number of pyridine rings is 1. The van der Waals surface area contributed by atoms with Gasteiger partial charge in [0.05, 0.1) is 31.1 Å². The smallest absolute Gasteiger partial charge is 0.319 e. The number of carbonyl (C=O) groups excluding carboxylic acids is 1. The van der Waals surface area contributed by atoms with Crippen LogP contribution in [0.2, 0.25) is 0 Å². The Morgan fingerprint density at radius 2 is 1.93 bits per heavy atom. The fourth-order valence-electron chi connectivity index (χ4n) is 3.56. The minimum absolute atomic E-state index is 0.153. The lowest BCUT2D eigenvalue weighted by Gasteiger charge is -2.36. The van der Waals surface area contributed by atoms with Gasteiger partial charge in [-0.15, -0.1) is 5.10 Å². The molecule has 2 atom stereocenters. The van der Waals surface area contributed by atoms with Crippen molar-refractivity contribution in [3.63, 3.8) is 0 Å². The maximum Gasteiger partial charge on any atom is 0.319 e. The molecule has 2 amide bonds. The summed E-state index contributed by atoms with van der Waals surface area (Å²) < 4.78 is 11.2. The molecule has 1 aliphatic heterocycles. The number of amides is 2. The second-order valence-electron chi connectivity index (χ2n) is 7.58. The van der Waals surface area contributed by atoms with Crippen LogP contribution >= 0.6 is 0 Å². The van der Waals surface area contributed by atoms with Crippen LogP contribution in [0, 0.1) is 13.8 Å². The summed E-state index contributed by atoms with van der Waals surface area (Å²) in [5.74, 6) is 1.34. The lowest BCUT2D eigenvalue weighted by molar-refractivity contribution is -0.00554. The molecule has 2 N–H and O–H groups in total. The average Bonchev–Trinajstić information content (AvgIpc) is 2.65. The highest BCUT2D eigenvalue weighted by atomic mass is 16.5. The second kappa shape index (κ2) is 9.71. The standard InChI is InChI=1S/C21H30N6O3/c1-6-29-19-9-17(8-14(3)23-19)24-21(28)22-10-18-7-13(2)20(26-25-18)27-11-15(4)30-16(5)12-27/h7-9,15-16H,6,10-12H2,1-5H3,(H2,22,23,24,28)/t15-,16+. The van der Waals surface area contributed by atoms with E-state index in [0.29, 0.717) is 23.9 Å². The third-order valence-electron chi connectivity index (χ3n) is 4.64. The summed E-state index contributed by atoms with van der Waals surface area (Å²) in [6.07, 6.45) is 0.306. The van der Waals surface area contributed by atoms with Crippen molar-refractivity contribution < 1.29 is 14.3 Å². The second-order valence-corrected chi connectivity index (χ2v) is 7.58. The van der Waals surface area contributed by atoms with Crippen molar-refractivity contribution in [2.24, 2.45) is 0 Å². The molecule has 3 rings (SSSR count). The largest absolute Gasteiger partial charge is 0.478 e. The normalized spacial score (nSPS) is 18.8. The number of morpholine rings is 1. The van der Waals surface area contributed by atoms with E-state index in [0.717, 1.165) is 30.2 Å². The zero-order chi connectivity index (χ0) is 21.7. The molecular weight excluding hydrogens is 384 g/mol. The Balaban J connectivity index is 1.58. The molecule has 3 heterocycles. The SMILES string of the molecule is CCOc1cc(NC(=O)NCc2cc(C)c(N3C[C@@H](C)O[C@@H](C)C3)nn2)cc(C)n1. The Bertz CT molecular complexity index is 881. The fraction of sp³-hybridized carbons (Fsp3) is 0.524. The van der Waals surface area contributed by atoms with E-state index < -0.39 is 0 Å². The Morgan fingerprint density at radius 1 is 1.20 bits per heavy atom. The monoisotopic (exact) mass is 414 g/mol. The average molecular weight is 415 g/mol. The van der Waals surface area contributed by atoms with Gasteiger partial charge in [-0.1, -0.05) is 0 Å². The van der Waals surface area contributed by atoms with E-state index in [2.05, 4.69) is 44.6 Å². The number of ether oxygens (including phenoxy) is 2. The molecule has 0 unspecified atom stereocenters. The Hall–Kier alpha value is -2.94. The van der Waals surface area contributed by atoms with Crippen molar-refractivity contribution in [2.45, 2.75) is 53.4 Å². The number of aromatic nitrogens is 3. The fourth-order valence-corrected chi connectivity index (χ4v) is 3.56. The maximum atomic E-state index is 12.3. The third-order valence-corrected chi connectivity index (χ3v) is 4.64. The van der Waals surface area contributed by atoms with E-state index in [1.165, 1.54) is 0 Å². The predicted octanol–water partition coefficient (Wildman–Crippen LogP) is 2.82. The van der Waals surface area contributed by atoms with Crippen molar-refractivity contribution in [1.29, 1.82) is 0 Å². The van der Waals surface area contributed by atoms with Crippen molar-refractivity contribution in [1.82, 2.24) is 20.5 Å². The number of nitrogens with one attached hydrogen (secondary N) is 2. The van der Waals surface area contributed by atoms with Crippen LogP contribution in [0.15, 0.2) is 18.2 Å². The zero-order valence-electron chi connectivity index (χ0n) is 18.2. The van der Waals surface area contributed by atoms with Gasteiger partial charge in [0.2, 0.25) is 5.88 Å². The number of nitrogens with zero attached hydrogens (tertiary/aromatic N) is 4. The first-order valence-electron chi connectivity index (χ1n) is 10.2. The summed E-state index contributed by atoms with van der Waals surface area (Å²) >= 11 is 0. The van der Waals surface area contributed by atoms with E-state index in [4.69, 9.17) is 9.47 Å². The highest BCUT2D eigenvalue weighted by Gasteiger charge is 2.24. The van der Waals surface area contributed by atoms with Crippen LogP contribution in [0.1, 0.15) is 37.7 Å². The third kappa shape index (κ3) is 5.79. The van der Waals surface area contributed by atoms with Gasteiger partial charge in [0.15, 0.2) is 5.82 Å². The minimum Gasteiger partial charge on any atom is -0.478 e. The zero-order valence-corrected chi connectivity index (χ0v) is 18.2. The van der Waals surface area contributed by atoms with Gasteiger partial charge in [0, 0.05) is 30.5 Å².